The molecule has 0 saturated carbocycles. The van der Waals surface area contributed by atoms with Crippen molar-refractivity contribution in [1.82, 2.24) is 4.90 Å². The third kappa shape index (κ3) is 4.57. The van der Waals surface area contributed by atoms with Crippen LogP contribution in [0.2, 0.25) is 0 Å². The van der Waals surface area contributed by atoms with Crippen LogP contribution < -0.4 is 0 Å². The number of nitrogens with zero attached hydrogens (tertiary/aromatic N) is 1. The van der Waals surface area contributed by atoms with Crippen molar-refractivity contribution in [3.63, 3.8) is 0 Å². The van der Waals surface area contributed by atoms with Gasteiger partial charge >= 0.3 is 5.97 Å². The highest BCUT2D eigenvalue weighted by Gasteiger charge is 2.15. The average Bonchev–Trinajstić information content (AvgIpc) is 2.39. The van der Waals surface area contributed by atoms with E-state index in [4.69, 9.17) is 5.11 Å². The summed E-state index contributed by atoms with van der Waals surface area (Å²) in [5.41, 5.74) is 0.610. The number of carbonyl (C=O) groups is 2. The number of hydrogen-bond donors (Lipinski definition) is 1. The van der Waals surface area contributed by atoms with Gasteiger partial charge in [-0.05, 0) is 18.6 Å². The van der Waals surface area contributed by atoms with Crippen LogP contribution in [0.1, 0.15) is 36.5 Å². The molecule has 1 amide bonds. The first kappa shape index (κ1) is 14.2. The number of hydrogen-bond acceptors (Lipinski definition) is 2. The minimum atomic E-state index is -0.877. The van der Waals surface area contributed by atoms with Gasteiger partial charge in [-0.3, -0.25) is 9.59 Å². The molecule has 0 saturated heterocycles. The predicted molar refractivity (Wildman–Crippen MR) is 69.5 cm³/mol. The lowest BCUT2D eigenvalue weighted by atomic mass is 10.2. The van der Waals surface area contributed by atoms with Gasteiger partial charge in [0, 0.05) is 18.7 Å². The summed E-state index contributed by atoms with van der Waals surface area (Å²) in [4.78, 5) is 24.4. The number of amides is 1. The Morgan fingerprint density at radius 2 is 1.83 bits per heavy atom. The van der Waals surface area contributed by atoms with E-state index in [0.717, 1.165) is 12.8 Å². The Balaban J connectivity index is 2.69. The van der Waals surface area contributed by atoms with E-state index in [1.54, 1.807) is 17.0 Å². The van der Waals surface area contributed by atoms with E-state index in [-0.39, 0.29) is 18.9 Å². The van der Waals surface area contributed by atoms with Gasteiger partial charge in [-0.15, -0.1) is 0 Å². The Labute approximate surface area is 107 Å². The first-order valence-electron chi connectivity index (χ1n) is 6.21. The van der Waals surface area contributed by atoms with Crippen molar-refractivity contribution >= 4 is 11.9 Å². The van der Waals surface area contributed by atoms with Crippen LogP contribution in [0.15, 0.2) is 30.3 Å². The summed E-state index contributed by atoms with van der Waals surface area (Å²) in [5, 5.41) is 8.70. The van der Waals surface area contributed by atoms with Gasteiger partial charge in [0.1, 0.15) is 0 Å². The molecule has 0 radical (unpaired) electrons. The molecule has 0 atom stereocenters. The molecule has 18 heavy (non-hydrogen) atoms. The van der Waals surface area contributed by atoms with Crippen molar-refractivity contribution in [2.45, 2.75) is 26.2 Å². The monoisotopic (exact) mass is 249 g/mol. The summed E-state index contributed by atoms with van der Waals surface area (Å²) in [7, 11) is 0. The van der Waals surface area contributed by atoms with Crippen LogP contribution in [0.25, 0.3) is 0 Å². The maximum Gasteiger partial charge on any atom is 0.305 e. The van der Waals surface area contributed by atoms with Crippen molar-refractivity contribution in [3.05, 3.63) is 35.9 Å². The Kier molecular flexibility index (Phi) is 5.91. The molecule has 0 unspecified atom stereocenters. The maximum absolute atomic E-state index is 12.2. The fourth-order valence-corrected chi connectivity index (χ4v) is 1.66. The third-order valence-corrected chi connectivity index (χ3v) is 2.69. The number of carbonyl (C=O) groups excluding carboxylic acids is 1. The third-order valence-electron chi connectivity index (χ3n) is 2.69. The first-order chi connectivity index (χ1) is 8.65. The molecule has 0 aromatic heterocycles. The van der Waals surface area contributed by atoms with Crippen molar-refractivity contribution in [1.29, 1.82) is 0 Å². The molecule has 1 rings (SSSR count). The maximum atomic E-state index is 12.2. The summed E-state index contributed by atoms with van der Waals surface area (Å²) in [6.07, 6.45) is 1.85. The van der Waals surface area contributed by atoms with Gasteiger partial charge in [0.25, 0.3) is 5.91 Å². The normalized spacial score (nSPS) is 10.1. The van der Waals surface area contributed by atoms with Gasteiger partial charge in [0.2, 0.25) is 0 Å². The molecule has 1 aromatic rings. The largest absolute Gasteiger partial charge is 0.481 e. The second-order valence-electron chi connectivity index (χ2n) is 4.16. The summed E-state index contributed by atoms with van der Waals surface area (Å²) >= 11 is 0. The van der Waals surface area contributed by atoms with Crippen molar-refractivity contribution in [2.75, 3.05) is 13.1 Å². The number of aliphatic carboxylic acids is 1. The van der Waals surface area contributed by atoms with Crippen LogP contribution in [0.5, 0.6) is 0 Å². The molecule has 0 aliphatic carbocycles. The van der Waals surface area contributed by atoms with Crippen LogP contribution in [0, 0.1) is 0 Å². The first-order valence-corrected chi connectivity index (χ1v) is 6.21. The van der Waals surface area contributed by atoms with E-state index in [1.807, 2.05) is 25.1 Å². The Morgan fingerprint density at radius 1 is 1.17 bits per heavy atom. The van der Waals surface area contributed by atoms with E-state index < -0.39 is 5.97 Å². The van der Waals surface area contributed by atoms with E-state index >= 15 is 0 Å². The molecule has 98 valence electrons. The Hall–Kier alpha value is -1.84. The molecule has 1 aromatic carbocycles. The lowest BCUT2D eigenvalue weighted by molar-refractivity contribution is -0.137. The van der Waals surface area contributed by atoms with E-state index in [0.29, 0.717) is 12.1 Å². The highest BCUT2D eigenvalue weighted by Crippen LogP contribution is 2.07. The lowest BCUT2D eigenvalue weighted by Crippen LogP contribution is -2.33. The predicted octanol–water partition coefficient (Wildman–Crippen LogP) is 2.40. The van der Waals surface area contributed by atoms with E-state index in [2.05, 4.69) is 0 Å². The minimum absolute atomic E-state index is 0.0116. The lowest BCUT2D eigenvalue weighted by Gasteiger charge is -2.21. The zero-order valence-corrected chi connectivity index (χ0v) is 10.6. The van der Waals surface area contributed by atoms with Crippen molar-refractivity contribution < 1.29 is 14.7 Å². The van der Waals surface area contributed by atoms with Gasteiger partial charge in [-0.2, -0.15) is 0 Å². The smallest absolute Gasteiger partial charge is 0.305 e. The van der Waals surface area contributed by atoms with Gasteiger partial charge < -0.3 is 10.0 Å². The molecule has 0 fully saturated rings. The van der Waals surface area contributed by atoms with Crippen LogP contribution in [0.4, 0.5) is 0 Å². The fourth-order valence-electron chi connectivity index (χ4n) is 1.66. The van der Waals surface area contributed by atoms with Crippen LogP contribution >= 0.6 is 0 Å². The second-order valence-corrected chi connectivity index (χ2v) is 4.16. The minimum Gasteiger partial charge on any atom is -0.481 e. The number of rotatable bonds is 7. The number of carboxylic acid groups (broad SMARTS) is 1. The summed E-state index contributed by atoms with van der Waals surface area (Å²) in [5.74, 6) is -0.970. The van der Waals surface area contributed by atoms with Crippen molar-refractivity contribution in [3.8, 4) is 0 Å². The van der Waals surface area contributed by atoms with Gasteiger partial charge in [-0.25, -0.2) is 0 Å². The van der Waals surface area contributed by atoms with Gasteiger partial charge in [-0.1, -0.05) is 31.5 Å². The SMILES string of the molecule is CCCCN(CCC(=O)O)C(=O)c1ccccc1. The number of unbranched alkanes of at least 4 members (excludes halogenated alkanes) is 1. The highest BCUT2D eigenvalue weighted by atomic mass is 16.4. The molecular weight excluding hydrogens is 230 g/mol. The molecule has 0 aliphatic rings. The van der Waals surface area contributed by atoms with Gasteiger partial charge in [0.15, 0.2) is 0 Å². The van der Waals surface area contributed by atoms with Crippen molar-refractivity contribution in [2.24, 2.45) is 0 Å². The molecule has 4 heteroatoms. The van der Waals surface area contributed by atoms with Crippen LogP contribution in [-0.4, -0.2) is 35.0 Å². The summed E-state index contributed by atoms with van der Waals surface area (Å²) < 4.78 is 0. The van der Waals surface area contributed by atoms with E-state index in [9.17, 15) is 9.59 Å². The van der Waals surface area contributed by atoms with Crippen LogP contribution in [0.3, 0.4) is 0 Å². The molecule has 0 bridgehead atoms. The van der Waals surface area contributed by atoms with Crippen LogP contribution in [-0.2, 0) is 4.79 Å². The zero-order chi connectivity index (χ0) is 13.4. The Bertz CT molecular complexity index is 389. The molecule has 1 N–H and O–H groups in total. The average molecular weight is 249 g/mol. The fraction of sp³-hybridized carbons (Fsp3) is 0.429. The quantitative estimate of drug-likeness (QED) is 0.807. The summed E-state index contributed by atoms with van der Waals surface area (Å²) in [6.45, 7) is 2.92. The molecule has 0 heterocycles. The topological polar surface area (TPSA) is 57.6 Å². The highest BCUT2D eigenvalue weighted by molar-refractivity contribution is 5.94. The number of carboxylic acids is 1. The molecule has 4 nitrogen and oxygen atoms in total. The summed E-state index contributed by atoms with van der Waals surface area (Å²) in [6, 6.07) is 8.97. The van der Waals surface area contributed by atoms with E-state index in [1.165, 1.54) is 0 Å². The standard InChI is InChI=1S/C14H19NO3/c1-2-3-10-15(11-9-13(16)17)14(18)12-7-5-4-6-8-12/h4-8H,2-3,9-11H2,1H3,(H,16,17). The zero-order valence-electron chi connectivity index (χ0n) is 10.6. The second kappa shape index (κ2) is 7.48. The number of benzene rings is 1. The molecule has 0 aliphatic heterocycles. The molecule has 0 spiro atoms. The Morgan fingerprint density at radius 3 is 2.39 bits per heavy atom. The van der Waals surface area contributed by atoms with Gasteiger partial charge in [0.05, 0.1) is 6.42 Å². The molecular formula is C14H19NO3.